The molecule has 1 heterocycles. The number of halogens is 1. The highest BCUT2D eigenvalue weighted by Gasteiger charge is 2.25. The molecule has 0 aliphatic heterocycles. The van der Waals surface area contributed by atoms with Crippen LogP contribution in [0, 0.1) is 5.82 Å². The normalized spacial score (nSPS) is 13.8. The van der Waals surface area contributed by atoms with Crippen molar-refractivity contribution in [1.29, 1.82) is 0 Å². The van der Waals surface area contributed by atoms with Gasteiger partial charge in [0.25, 0.3) is 0 Å². The molecule has 2 aromatic rings. The molecule has 0 N–H and O–H groups in total. The average molecular weight is 359 g/mol. The zero-order valence-electron chi connectivity index (χ0n) is 15.4. The lowest BCUT2D eigenvalue weighted by Gasteiger charge is -2.15. The molecule has 1 aliphatic rings. The Balaban J connectivity index is 1.65. The number of hydrogen-bond acceptors (Lipinski definition) is 3. The summed E-state index contributed by atoms with van der Waals surface area (Å²) >= 11 is 0. The lowest BCUT2D eigenvalue weighted by molar-refractivity contribution is -0.143. The molecule has 1 aromatic heterocycles. The number of rotatable bonds is 8. The lowest BCUT2D eigenvalue weighted by atomic mass is 9.94. The van der Waals surface area contributed by atoms with Gasteiger partial charge in [-0.2, -0.15) is 0 Å². The van der Waals surface area contributed by atoms with E-state index in [0.29, 0.717) is 19.4 Å². The zero-order valence-corrected chi connectivity index (χ0v) is 15.4. The molecule has 0 atom stereocenters. The standard InChI is InChI=1S/C21H26FNO3/c1-2-26-20(25)10-5-3-4-6-13-23-17-12-11-15(22)14-16(17)21-18(23)8-7-9-19(21)24/h11-12,14H,2-10,13H2,1H3. The molecule has 0 saturated carbocycles. The fourth-order valence-electron chi connectivity index (χ4n) is 3.87. The summed E-state index contributed by atoms with van der Waals surface area (Å²) in [5, 5.41) is 0.756. The van der Waals surface area contributed by atoms with Gasteiger partial charge < -0.3 is 9.30 Å². The predicted molar refractivity (Wildman–Crippen MR) is 98.9 cm³/mol. The SMILES string of the molecule is CCOC(=O)CCCCCCn1c2c(c3cc(F)ccc31)C(=O)CCC2. The van der Waals surface area contributed by atoms with Gasteiger partial charge in [-0.3, -0.25) is 9.59 Å². The molecule has 4 nitrogen and oxygen atoms in total. The Kier molecular flexibility index (Phi) is 6.07. The number of ketones is 1. The second-order valence-electron chi connectivity index (χ2n) is 6.88. The summed E-state index contributed by atoms with van der Waals surface area (Å²) in [6.07, 6.45) is 6.58. The second-order valence-corrected chi connectivity index (χ2v) is 6.88. The van der Waals surface area contributed by atoms with E-state index in [2.05, 4.69) is 4.57 Å². The van der Waals surface area contributed by atoms with E-state index < -0.39 is 0 Å². The fourth-order valence-corrected chi connectivity index (χ4v) is 3.87. The van der Waals surface area contributed by atoms with E-state index in [1.165, 1.54) is 12.1 Å². The van der Waals surface area contributed by atoms with Crippen LogP contribution in [-0.4, -0.2) is 22.9 Å². The maximum atomic E-state index is 13.7. The Hall–Kier alpha value is -2.17. The van der Waals surface area contributed by atoms with Crippen molar-refractivity contribution in [3.05, 3.63) is 35.3 Å². The minimum atomic E-state index is -0.296. The average Bonchev–Trinajstić information content (AvgIpc) is 2.92. The zero-order chi connectivity index (χ0) is 18.5. The molecule has 0 radical (unpaired) electrons. The molecular formula is C21H26FNO3. The number of esters is 1. The number of Topliss-reactive ketones (excluding diaryl/α,β-unsaturated/α-hetero) is 1. The van der Waals surface area contributed by atoms with Crippen molar-refractivity contribution >= 4 is 22.7 Å². The number of benzene rings is 1. The Morgan fingerprint density at radius 2 is 2.00 bits per heavy atom. The Morgan fingerprint density at radius 1 is 1.19 bits per heavy atom. The van der Waals surface area contributed by atoms with Gasteiger partial charge in [0.2, 0.25) is 0 Å². The molecule has 26 heavy (non-hydrogen) atoms. The molecule has 1 aromatic carbocycles. The van der Waals surface area contributed by atoms with Gasteiger partial charge >= 0.3 is 5.97 Å². The van der Waals surface area contributed by atoms with Crippen LogP contribution in [0.5, 0.6) is 0 Å². The molecule has 140 valence electrons. The van der Waals surface area contributed by atoms with Gasteiger partial charge in [-0.05, 0) is 50.8 Å². The van der Waals surface area contributed by atoms with Gasteiger partial charge in [0.05, 0.1) is 6.61 Å². The summed E-state index contributed by atoms with van der Waals surface area (Å²) in [5.41, 5.74) is 2.75. The number of carbonyl (C=O) groups excluding carboxylic acids is 2. The van der Waals surface area contributed by atoms with Gasteiger partial charge in [-0.15, -0.1) is 0 Å². The molecule has 1 aliphatic carbocycles. The number of unbranched alkanes of at least 4 members (excludes halogenated alkanes) is 3. The van der Waals surface area contributed by atoms with Crippen LogP contribution in [0.4, 0.5) is 4.39 Å². The summed E-state index contributed by atoms with van der Waals surface area (Å²) in [5.74, 6) is -0.289. The molecule has 3 rings (SSSR count). The van der Waals surface area contributed by atoms with Crippen molar-refractivity contribution in [2.45, 2.75) is 64.8 Å². The molecule has 5 heteroatoms. The molecule has 0 fully saturated rings. The number of ether oxygens (including phenoxy) is 1. The Bertz CT molecular complexity index is 809. The summed E-state index contributed by atoms with van der Waals surface area (Å²) in [7, 11) is 0. The van der Waals surface area contributed by atoms with Crippen LogP contribution in [-0.2, 0) is 22.5 Å². The van der Waals surface area contributed by atoms with E-state index in [-0.39, 0.29) is 17.6 Å². The lowest BCUT2D eigenvalue weighted by Crippen LogP contribution is -2.13. The largest absolute Gasteiger partial charge is 0.466 e. The van der Waals surface area contributed by atoms with Crippen molar-refractivity contribution in [3.63, 3.8) is 0 Å². The molecule has 0 unspecified atom stereocenters. The van der Waals surface area contributed by atoms with Crippen molar-refractivity contribution in [2.75, 3.05) is 6.61 Å². The summed E-state index contributed by atoms with van der Waals surface area (Å²) in [6.45, 7) is 3.07. The summed E-state index contributed by atoms with van der Waals surface area (Å²) in [4.78, 5) is 23.7. The van der Waals surface area contributed by atoms with E-state index in [4.69, 9.17) is 4.74 Å². The van der Waals surface area contributed by atoms with Gasteiger partial charge in [0, 0.05) is 41.5 Å². The molecule has 0 spiro atoms. The highest BCUT2D eigenvalue weighted by atomic mass is 19.1. The van der Waals surface area contributed by atoms with Crippen LogP contribution in [0.3, 0.4) is 0 Å². The van der Waals surface area contributed by atoms with Crippen LogP contribution in [0.15, 0.2) is 18.2 Å². The number of aromatic nitrogens is 1. The van der Waals surface area contributed by atoms with Crippen LogP contribution in [0.2, 0.25) is 0 Å². The van der Waals surface area contributed by atoms with E-state index >= 15 is 0 Å². The van der Waals surface area contributed by atoms with Gasteiger partial charge in [-0.1, -0.05) is 12.8 Å². The number of nitrogens with zero attached hydrogens (tertiary/aromatic N) is 1. The second kappa shape index (κ2) is 8.47. The first-order valence-corrected chi connectivity index (χ1v) is 9.61. The highest BCUT2D eigenvalue weighted by molar-refractivity contribution is 6.10. The smallest absolute Gasteiger partial charge is 0.305 e. The van der Waals surface area contributed by atoms with Gasteiger partial charge in [-0.25, -0.2) is 4.39 Å². The van der Waals surface area contributed by atoms with Crippen molar-refractivity contribution in [2.24, 2.45) is 0 Å². The monoisotopic (exact) mass is 359 g/mol. The van der Waals surface area contributed by atoms with E-state index in [1.807, 2.05) is 6.92 Å². The Labute approximate surface area is 153 Å². The van der Waals surface area contributed by atoms with Crippen molar-refractivity contribution < 1.29 is 18.7 Å². The van der Waals surface area contributed by atoms with E-state index in [9.17, 15) is 14.0 Å². The minimum Gasteiger partial charge on any atom is -0.466 e. The first-order valence-electron chi connectivity index (χ1n) is 9.61. The maximum absolute atomic E-state index is 13.7. The van der Waals surface area contributed by atoms with E-state index in [0.717, 1.165) is 67.2 Å². The van der Waals surface area contributed by atoms with E-state index in [1.54, 1.807) is 6.07 Å². The van der Waals surface area contributed by atoms with Crippen LogP contribution in [0.25, 0.3) is 10.9 Å². The summed E-state index contributed by atoms with van der Waals surface area (Å²) in [6, 6.07) is 4.75. The number of fused-ring (bicyclic) bond motifs is 3. The first kappa shape index (κ1) is 18.6. The third kappa shape index (κ3) is 3.97. The first-order chi connectivity index (χ1) is 12.6. The molecule has 0 saturated heterocycles. The van der Waals surface area contributed by atoms with Gasteiger partial charge in [0.1, 0.15) is 5.82 Å². The Morgan fingerprint density at radius 3 is 2.81 bits per heavy atom. The van der Waals surface area contributed by atoms with Crippen molar-refractivity contribution in [3.8, 4) is 0 Å². The quantitative estimate of drug-likeness (QED) is 0.502. The predicted octanol–water partition coefficient (Wildman–Crippen LogP) is 4.81. The van der Waals surface area contributed by atoms with Crippen molar-refractivity contribution in [1.82, 2.24) is 4.57 Å². The topological polar surface area (TPSA) is 48.3 Å². The van der Waals surface area contributed by atoms with Gasteiger partial charge in [0.15, 0.2) is 5.78 Å². The molecule has 0 amide bonds. The summed E-state index contributed by atoms with van der Waals surface area (Å²) < 4.78 is 20.8. The maximum Gasteiger partial charge on any atom is 0.305 e. The van der Waals surface area contributed by atoms with Crippen LogP contribution in [0.1, 0.15) is 67.9 Å². The number of hydrogen-bond donors (Lipinski definition) is 0. The third-order valence-corrected chi connectivity index (χ3v) is 5.05. The third-order valence-electron chi connectivity index (χ3n) is 5.05. The number of aryl methyl sites for hydroxylation is 1. The van der Waals surface area contributed by atoms with Crippen LogP contribution >= 0.6 is 0 Å². The molecular weight excluding hydrogens is 333 g/mol. The van der Waals surface area contributed by atoms with Crippen LogP contribution < -0.4 is 0 Å². The highest BCUT2D eigenvalue weighted by Crippen LogP contribution is 2.33. The molecule has 0 bridgehead atoms. The number of carbonyl (C=O) groups is 2. The fraction of sp³-hybridized carbons (Fsp3) is 0.524. The minimum absolute atomic E-state index is 0.126.